The molecule has 8 heteroatoms. The molecular formula is C23H22ClN5O2. The van der Waals surface area contributed by atoms with Crippen molar-refractivity contribution < 1.29 is 9.59 Å². The molecule has 0 bridgehead atoms. The van der Waals surface area contributed by atoms with Gasteiger partial charge in [-0.25, -0.2) is 0 Å². The predicted molar refractivity (Wildman–Crippen MR) is 118 cm³/mol. The molecule has 2 aromatic carbocycles. The summed E-state index contributed by atoms with van der Waals surface area (Å²) in [7, 11) is 0. The van der Waals surface area contributed by atoms with E-state index in [0.29, 0.717) is 35.3 Å². The molecular weight excluding hydrogens is 414 g/mol. The highest BCUT2D eigenvalue weighted by Crippen LogP contribution is 2.47. The number of rotatable bonds is 5. The number of anilines is 3. The molecule has 158 valence electrons. The van der Waals surface area contributed by atoms with Gasteiger partial charge in [-0.05, 0) is 49.1 Å². The van der Waals surface area contributed by atoms with Crippen LogP contribution in [0.15, 0.2) is 42.5 Å². The van der Waals surface area contributed by atoms with E-state index in [1.165, 1.54) is 0 Å². The Hall–Kier alpha value is -3.08. The average molecular weight is 436 g/mol. The molecule has 7 nitrogen and oxygen atoms in total. The lowest BCUT2D eigenvalue weighted by Gasteiger charge is -2.24. The number of fused-ring (bicyclic) bond motifs is 3. The van der Waals surface area contributed by atoms with E-state index in [1.807, 2.05) is 24.3 Å². The fourth-order valence-electron chi connectivity index (χ4n) is 4.65. The first-order valence-corrected chi connectivity index (χ1v) is 10.8. The van der Waals surface area contributed by atoms with Crippen LogP contribution in [-0.4, -0.2) is 48.4 Å². The Labute approximate surface area is 185 Å². The second kappa shape index (κ2) is 7.88. The Morgan fingerprint density at radius 3 is 2.90 bits per heavy atom. The summed E-state index contributed by atoms with van der Waals surface area (Å²) in [5, 5.41) is 16.3. The van der Waals surface area contributed by atoms with E-state index in [0.717, 1.165) is 24.2 Å². The van der Waals surface area contributed by atoms with Crippen molar-refractivity contribution in [1.29, 1.82) is 5.26 Å². The van der Waals surface area contributed by atoms with Gasteiger partial charge in [-0.1, -0.05) is 23.7 Å². The van der Waals surface area contributed by atoms with Crippen LogP contribution in [0.25, 0.3) is 0 Å². The molecule has 1 saturated carbocycles. The molecule has 3 aliphatic rings. The molecule has 2 fully saturated rings. The molecule has 1 saturated heterocycles. The summed E-state index contributed by atoms with van der Waals surface area (Å²) in [5.74, 6) is 0.310. The summed E-state index contributed by atoms with van der Waals surface area (Å²) in [5.41, 5.74) is 2.83. The number of amides is 2. The van der Waals surface area contributed by atoms with E-state index in [9.17, 15) is 14.9 Å². The predicted octanol–water partition coefficient (Wildman–Crippen LogP) is 3.15. The summed E-state index contributed by atoms with van der Waals surface area (Å²) in [6.07, 6.45) is 1.80. The van der Waals surface area contributed by atoms with Crippen LogP contribution in [0.5, 0.6) is 0 Å². The van der Waals surface area contributed by atoms with Gasteiger partial charge in [0.1, 0.15) is 6.04 Å². The van der Waals surface area contributed by atoms with Gasteiger partial charge in [0.05, 0.1) is 35.2 Å². The quantitative estimate of drug-likeness (QED) is 0.704. The minimum atomic E-state index is -0.301. The number of hydrogen-bond donors (Lipinski definition) is 2. The Balaban J connectivity index is 1.28. The number of hydrogen-bond acceptors (Lipinski definition) is 5. The third-order valence-corrected chi connectivity index (χ3v) is 6.49. The molecule has 1 unspecified atom stereocenters. The molecule has 2 N–H and O–H groups in total. The van der Waals surface area contributed by atoms with Crippen molar-refractivity contribution in [1.82, 2.24) is 10.2 Å². The highest BCUT2D eigenvalue weighted by molar-refractivity contribution is 6.31. The maximum absolute atomic E-state index is 13.3. The van der Waals surface area contributed by atoms with Crippen molar-refractivity contribution in [3.8, 4) is 6.07 Å². The van der Waals surface area contributed by atoms with E-state index >= 15 is 0 Å². The van der Waals surface area contributed by atoms with Gasteiger partial charge in [0.25, 0.3) is 5.91 Å². The molecule has 0 aromatic heterocycles. The average Bonchev–Trinajstić information content (AvgIpc) is 3.46. The standard InChI is InChI=1S/C23H22ClN5O2/c24-15-5-6-18-17(11-15)23(31)28(20-4-2-1-3-19(20)27-18)8-7-26-13-22(30)29-16(12-25)9-14-10-21(14)29/h1-6,11,14,16,21,26-27H,7-10,13H2/t14-,16?,21+/m1/s1. The molecule has 5 rings (SSSR count). The number of carbonyl (C=O) groups excluding carboxylic acids is 2. The van der Waals surface area contributed by atoms with Gasteiger partial charge < -0.3 is 20.4 Å². The SMILES string of the molecule is N#CC1C[C@@H]2C[C@@H]2N1C(=O)CNCCN1C(=O)c2cc(Cl)ccc2Nc2ccccc21. The zero-order valence-electron chi connectivity index (χ0n) is 16.8. The fourth-order valence-corrected chi connectivity index (χ4v) is 4.82. The summed E-state index contributed by atoms with van der Waals surface area (Å²) >= 11 is 6.14. The maximum atomic E-state index is 13.3. The lowest BCUT2D eigenvalue weighted by atomic mass is 10.1. The number of nitriles is 1. The van der Waals surface area contributed by atoms with Gasteiger partial charge in [0, 0.05) is 24.2 Å². The smallest absolute Gasteiger partial charge is 0.260 e. The van der Waals surface area contributed by atoms with E-state index in [2.05, 4.69) is 16.7 Å². The van der Waals surface area contributed by atoms with Crippen molar-refractivity contribution in [2.24, 2.45) is 5.92 Å². The van der Waals surface area contributed by atoms with Crippen molar-refractivity contribution in [3.05, 3.63) is 53.1 Å². The van der Waals surface area contributed by atoms with Crippen LogP contribution in [0.3, 0.4) is 0 Å². The number of para-hydroxylation sites is 2. The van der Waals surface area contributed by atoms with Gasteiger partial charge in [0.15, 0.2) is 0 Å². The molecule has 2 heterocycles. The Kier molecular flexibility index (Phi) is 5.05. The molecule has 2 aromatic rings. The first-order chi connectivity index (χ1) is 15.1. The molecule has 0 radical (unpaired) electrons. The third kappa shape index (κ3) is 3.62. The van der Waals surface area contributed by atoms with Gasteiger partial charge in [-0.15, -0.1) is 0 Å². The Morgan fingerprint density at radius 2 is 2.06 bits per heavy atom. The van der Waals surface area contributed by atoms with E-state index in [4.69, 9.17) is 11.6 Å². The van der Waals surface area contributed by atoms with Gasteiger partial charge >= 0.3 is 0 Å². The van der Waals surface area contributed by atoms with Crippen molar-refractivity contribution >= 4 is 40.5 Å². The van der Waals surface area contributed by atoms with Crippen LogP contribution >= 0.6 is 11.6 Å². The molecule has 1 aliphatic carbocycles. The van der Waals surface area contributed by atoms with Crippen molar-refractivity contribution in [3.63, 3.8) is 0 Å². The molecule has 3 atom stereocenters. The molecule has 31 heavy (non-hydrogen) atoms. The minimum absolute atomic E-state index is 0.0436. The highest BCUT2D eigenvalue weighted by Gasteiger charge is 2.53. The highest BCUT2D eigenvalue weighted by atomic mass is 35.5. The van der Waals surface area contributed by atoms with Gasteiger partial charge in [-0.2, -0.15) is 5.26 Å². The summed E-state index contributed by atoms with van der Waals surface area (Å²) in [6, 6.07) is 15.0. The zero-order chi connectivity index (χ0) is 21.5. The number of carbonyl (C=O) groups is 2. The number of nitrogens with zero attached hydrogens (tertiary/aromatic N) is 3. The van der Waals surface area contributed by atoms with Gasteiger partial charge in [-0.3, -0.25) is 9.59 Å². The van der Waals surface area contributed by atoms with E-state index in [1.54, 1.807) is 28.0 Å². The molecule has 2 aliphatic heterocycles. The number of likely N-dealkylation sites (tertiary alicyclic amines) is 1. The minimum Gasteiger partial charge on any atom is -0.353 e. The van der Waals surface area contributed by atoms with Crippen LogP contribution < -0.4 is 15.5 Å². The van der Waals surface area contributed by atoms with Crippen LogP contribution in [-0.2, 0) is 4.79 Å². The number of benzene rings is 2. The van der Waals surface area contributed by atoms with E-state index in [-0.39, 0.29) is 30.4 Å². The summed E-state index contributed by atoms with van der Waals surface area (Å²) in [6.45, 7) is 0.997. The monoisotopic (exact) mass is 435 g/mol. The van der Waals surface area contributed by atoms with Crippen LogP contribution in [0, 0.1) is 17.2 Å². The maximum Gasteiger partial charge on any atom is 0.260 e. The second-order valence-electron chi connectivity index (χ2n) is 8.21. The molecule has 2 amide bonds. The van der Waals surface area contributed by atoms with Crippen molar-refractivity contribution in [2.75, 3.05) is 29.9 Å². The number of piperidine rings is 1. The van der Waals surface area contributed by atoms with Gasteiger partial charge in [0.2, 0.25) is 5.91 Å². The van der Waals surface area contributed by atoms with Crippen LogP contribution in [0.1, 0.15) is 23.2 Å². The topological polar surface area (TPSA) is 88.5 Å². The first-order valence-electron chi connectivity index (χ1n) is 10.5. The summed E-state index contributed by atoms with van der Waals surface area (Å²) < 4.78 is 0. The van der Waals surface area contributed by atoms with Crippen LogP contribution in [0.2, 0.25) is 5.02 Å². The zero-order valence-corrected chi connectivity index (χ0v) is 17.6. The molecule has 0 spiro atoms. The van der Waals surface area contributed by atoms with Crippen LogP contribution in [0.4, 0.5) is 17.1 Å². The lowest BCUT2D eigenvalue weighted by Crippen LogP contribution is -2.44. The third-order valence-electron chi connectivity index (χ3n) is 6.25. The lowest BCUT2D eigenvalue weighted by molar-refractivity contribution is -0.131. The number of halogens is 1. The number of nitrogens with one attached hydrogen (secondary N) is 2. The Morgan fingerprint density at radius 1 is 1.23 bits per heavy atom. The first kappa shape index (κ1) is 19.9. The largest absolute Gasteiger partial charge is 0.353 e. The summed E-state index contributed by atoms with van der Waals surface area (Å²) in [4.78, 5) is 29.4. The normalized spacial score (nSPS) is 23.2. The van der Waals surface area contributed by atoms with E-state index < -0.39 is 0 Å². The second-order valence-corrected chi connectivity index (χ2v) is 8.65. The van der Waals surface area contributed by atoms with Crippen molar-refractivity contribution in [2.45, 2.75) is 24.9 Å². The Bertz CT molecular complexity index is 1100. The fraction of sp³-hybridized carbons (Fsp3) is 0.348.